The second-order valence-electron chi connectivity index (χ2n) is 6.05. The molecule has 2 N–H and O–H groups in total. The number of rotatable bonds is 4. The fourth-order valence-corrected chi connectivity index (χ4v) is 2.79. The molecule has 2 aromatic carbocycles. The van der Waals surface area contributed by atoms with Gasteiger partial charge in [0.25, 0.3) is 0 Å². The van der Waals surface area contributed by atoms with Crippen LogP contribution < -0.4 is 10.6 Å². The van der Waals surface area contributed by atoms with Crippen molar-refractivity contribution < 1.29 is 14.0 Å². The lowest BCUT2D eigenvalue weighted by atomic mass is 9.98. The Bertz CT molecular complexity index is 845. The van der Waals surface area contributed by atoms with Gasteiger partial charge in [-0.05, 0) is 42.7 Å². The number of fused-ring (bicyclic) bond motifs is 1. The summed E-state index contributed by atoms with van der Waals surface area (Å²) in [6.45, 7) is 1.89. The van der Waals surface area contributed by atoms with Crippen LogP contribution in [0.15, 0.2) is 48.5 Å². The lowest BCUT2D eigenvalue weighted by Crippen LogP contribution is -2.25. The van der Waals surface area contributed by atoms with Gasteiger partial charge in [0, 0.05) is 23.7 Å². The number of carbonyl (C=O) groups is 2. The van der Waals surface area contributed by atoms with Crippen LogP contribution in [0.25, 0.3) is 6.08 Å². The van der Waals surface area contributed by atoms with Gasteiger partial charge in [-0.1, -0.05) is 30.3 Å². The molecule has 0 saturated carbocycles. The van der Waals surface area contributed by atoms with Crippen LogP contribution in [0.5, 0.6) is 0 Å². The quantitative estimate of drug-likeness (QED) is 0.837. The van der Waals surface area contributed by atoms with Crippen LogP contribution in [0.2, 0.25) is 0 Å². The number of aryl methyl sites for hydroxylation is 1. The minimum atomic E-state index is -0.365. The highest BCUT2D eigenvalue weighted by Crippen LogP contribution is 2.26. The molecule has 2 aromatic rings. The molecule has 25 heavy (non-hydrogen) atoms. The average Bonchev–Trinajstić information content (AvgIpc) is 2.60. The Morgan fingerprint density at radius 3 is 2.84 bits per heavy atom. The van der Waals surface area contributed by atoms with Gasteiger partial charge in [0.15, 0.2) is 0 Å². The Kier molecular flexibility index (Phi) is 4.93. The van der Waals surface area contributed by atoms with Crippen molar-refractivity contribution in [2.45, 2.75) is 25.8 Å². The van der Waals surface area contributed by atoms with Crippen LogP contribution in [0.3, 0.4) is 0 Å². The molecule has 1 aliphatic rings. The van der Waals surface area contributed by atoms with Gasteiger partial charge >= 0.3 is 0 Å². The number of anilines is 1. The molecule has 0 bridgehead atoms. The molecule has 0 spiro atoms. The average molecular weight is 338 g/mol. The van der Waals surface area contributed by atoms with E-state index >= 15 is 0 Å². The summed E-state index contributed by atoms with van der Waals surface area (Å²) in [5, 5.41) is 5.70. The minimum Gasteiger partial charge on any atom is -0.346 e. The van der Waals surface area contributed by atoms with Crippen molar-refractivity contribution in [1.29, 1.82) is 0 Å². The highest BCUT2D eigenvalue weighted by Gasteiger charge is 2.16. The number of hydrogen-bond acceptors (Lipinski definition) is 2. The van der Waals surface area contributed by atoms with Crippen molar-refractivity contribution in [2.75, 3.05) is 5.32 Å². The number of nitrogens with one attached hydrogen (secondary N) is 2. The summed E-state index contributed by atoms with van der Waals surface area (Å²) >= 11 is 0. The Morgan fingerprint density at radius 2 is 2.04 bits per heavy atom. The lowest BCUT2D eigenvalue weighted by molar-refractivity contribution is -0.117. The standard InChI is InChI=1S/C20H19FN2O2/c1-13(15-6-9-18-16(12-15)8-11-20(25)23-18)22-19(24)10-7-14-4-2-3-5-17(14)21/h2-7,9-10,12-13H,8,11H2,1H3,(H,22,24)(H,23,25). The minimum absolute atomic E-state index is 0.0277. The first-order valence-corrected chi connectivity index (χ1v) is 8.19. The van der Waals surface area contributed by atoms with Crippen LogP contribution in [0, 0.1) is 5.82 Å². The number of benzene rings is 2. The summed E-state index contributed by atoms with van der Waals surface area (Å²) in [5.41, 5.74) is 3.23. The molecule has 4 nitrogen and oxygen atoms in total. The van der Waals surface area contributed by atoms with Crippen molar-refractivity contribution in [3.63, 3.8) is 0 Å². The monoisotopic (exact) mass is 338 g/mol. The third kappa shape index (κ3) is 4.12. The van der Waals surface area contributed by atoms with Crippen molar-refractivity contribution in [3.8, 4) is 0 Å². The van der Waals surface area contributed by atoms with E-state index in [1.807, 2.05) is 25.1 Å². The molecule has 0 fully saturated rings. The summed E-state index contributed by atoms with van der Waals surface area (Å²) in [5.74, 6) is -0.627. The van der Waals surface area contributed by atoms with Gasteiger partial charge in [-0.15, -0.1) is 0 Å². The van der Waals surface area contributed by atoms with E-state index in [1.165, 1.54) is 18.2 Å². The van der Waals surface area contributed by atoms with E-state index in [9.17, 15) is 14.0 Å². The molecule has 1 unspecified atom stereocenters. The van der Waals surface area contributed by atoms with Gasteiger partial charge in [-0.25, -0.2) is 4.39 Å². The Balaban J connectivity index is 1.66. The predicted octanol–water partition coefficient (Wildman–Crippen LogP) is 3.60. The van der Waals surface area contributed by atoms with Gasteiger partial charge in [0.1, 0.15) is 5.82 Å². The van der Waals surface area contributed by atoms with Crippen LogP contribution >= 0.6 is 0 Å². The van der Waals surface area contributed by atoms with E-state index in [0.717, 1.165) is 16.8 Å². The molecule has 0 aliphatic carbocycles. The fourth-order valence-electron chi connectivity index (χ4n) is 2.79. The highest BCUT2D eigenvalue weighted by atomic mass is 19.1. The first-order chi connectivity index (χ1) is 12.0. The zero-order valence-electron chi connectivity index (χ0n) is 13.9. The first kappa shape index (κ1) is 16.9. The summed E-state index contributed by atoms with van der Waals surface area (Å²) in [4.78, 5) is 23.5. The Morgan fingerprint density at radius 1 is 1.24 bits per heavy atom. The Labute approximate surface area is 145 Å². The SMILES string of the molecule is CC(NC(=O)C=Cc1ccccc1F)c1ccc2c(c1)CCC(=O)N2. The van der Waals surface area contributed by atoms with Gasteiger partial charge in [-0.3, -0.25) is 9.59 Å². The zero-order chi connectivity index (χ0) is 17.8. The number of hydrogen-bond donors (Lipinski definition) is 2. The summed E-state index contributed by atoms with van der Waals surface area (Å²) in [7, 11) is 0. The second-order valence-corrected chi connectivity index (χ2v) is 6.05. The third-order valence-electron chi connectivity index (χ3n) is 4.20. The van der Waals surface area contributed by atoms with Crippen molar-refractivity contribution in [2.24, 2.45) is 0 Å². The predicted molar refractivity (Wildman–Crippen MR) is 95.4 cm³/mol. The molecule has 3 rings (SSSR count). The van der Waals surface area contributed by atoms with Crippen molar-refractivity contribution >= 4 is 23.6 Å². The smallest absolute Gasteiger partial charge is 0.244 e. The molecular weight excluding hydrogens is 319 g/mol. The van der Waals surface area contributed by atoms with Crippen molar-refractivity contribution in [1.82, 2.24) is 5.32 Å². The summed E-state index contributed by atoms with van der Waals surface area (Å²) < 4.78 is 13.5. The molecule has 0 aromatic heterocycles. The van der Waals surface area contributed by atoms with E-state index in [2.05, 4.69) is 10.6 Å². The second kappa shape index (κ2) is 7.30. The van der Waals surface area contributed by atoms with Crippen LogP contribution in [0.1, 0.15) is 36.1 Å². The van der Waals surface area contributed by atoms with Crippen LogP contribution in [-0.2, 0) is 16.0 Å². The molecule has 1 heterocycles. The first-order valence-electron chi connectivity index (χ1n) is 8.19. The largest absolute Gasteiger partial charge is 0.346 e. The molecule has 1 aliphatic heterocycles. The molecule has 2 amide bonds. The Hall–Kier alpha value is -2.95. The molecule has 128 valence electrons. The molecule has 0 radical (unpaired) electrons. The zero-order valence-corrected chi connectivity index (χ0v) is 13.9. The maximum atomic E-state index is 13.5. The topological polar surface area (TPSA) is 58.2 Å². The van der Waals surface area contributed by atoms with E-state index < -0.39 is 0 Å². The van der Waals surface area contributed by atoms with E-state index in [-0.39, 0.29) is 23.7 Å². The molecule has 0 saturated heterocycles. The van der Waals surface area contributed by atoms with E-state index in [4.69, 9.17) is 0 Å². The lowest BCUT2D eigenvalue weighted by Gasteiger charge is -2.20. The van der Waals surface area contributed by atoms with Crippen LogP contribution in [0.4, 0.5) is 10.1 Å². The van der Waals surface area contributed by atoms with Crippen molar-refractivity contribution in [3.05, 3.63) is 71.0 Å². The van der Waals surface area contributed by atoms with E-state index in [1.54, 1.807) is 18.2 Å². The number of carbonyl (C=O) groups excluding carboxylic acids is 2. The maximum Gasteiger partial charge on any atom is 0.244 e. The normalized spacial score (nSPS) is 14.7. The highest BCUT2D eigenvalue weighted by molar-refractivity contribution is 5.94. The molecular formula is C20H19FN2O2. The van der Waals surface area contributed by atoms with Gasteiger partial charge in [0.2, 0.25) is 11.8 Å². The van der Waals surface area contributed by atoms with Gasteiger partial charge in [0.05, 0.1) is 6.04 Å². The molecule has 1 atom stereocenters. The number of halogens is 1. The fraction of sp³-hybridized carbons (Fsp3) is 0.200. The van der Waals surface area contributed by atoms with Crippen LogP contribution in [-0.4, -0.2) is 11.8 Å². The summed E-state index contributed by atoms with van der Waals surface area (Å²) in [6, 6.07) is 11.8. The molecule has 5 heteroatoms. The number of amides is 2. The van der Waals surface area contributed by atoms with Gasteiger partial charge in [-0.2, -0.15) is 0 Å². The summed E-state index contributed by atoms with van der Waals surface area (Å²) in [6.07, 6.45) is 3.96. The van der Waals surface area contributed by atoms with E-state index in [0.29, 0.717) is 18.4 Å². The third-order valence-corrected chi connectivity index (χ3v) is 4.20. The maximum absolute atomic E-state index is 13.5. The van der Waals surface area contributed by atoms with Gasteiger partial charge < -0.3 is 10.6 Å².